The third-order valence-electron chi connectivity index (χ3n) is 4.85. The van der Waals surface area contributed by atoms with E-state index in [4.69, 9.17) is 0 Å². The maximum atomic E-state index is 12.5. The summed E-state index contributed by atoms with van der Waals surface area (Å²) in [5.74, 6) is -0.0232. The van der Waals surface area contributed by atoms with Gasteiger partial charge in [-0.3, -0.25) is 9.78 Å². The highest BCUT2D eigenvalue weighted by Gasteiger charge is 2.19. The Morgan fingerprint density at radius 1 is 1.36 bits per heavy atom. The van der Waals surface area contributed by atoms with Crippen LogP contribution in [0.1, 0.15) is 27.2 Å². The average molecular weight is 334 g/mol. The smallest absolute Gasteiger partial charge is 0.251 e. The van der Waals surface area contributed by atoms with E-state index in [9.17, 15) is 4.79 Å². The van der Waals surface area contributed by atoms with Gasteiger partial charge < -0.3 is 15.2 Å². The number of hydrogen-bond donors (Lipinski definition) is 2. The Morgan fingerprint density at radius 2 is 2.28 bits per heavy atom. The van der Waals surface area contributed by atoms with E-state index in [1.54, 1.807) is 6.20 Å². The summed E-state index contributed by atoms with van der Waals surface area (Å²) >= 11 is 0. The molecular weight excluding hydrogens is 312 g/mol. The summed E-state index contributed by atoms with van der Waals surface area (Å²) < 4.78 is 0. The van der Waals surface area contributed by atoms with Crippen molar-refractivity contribution < 1.29 is 4.79 Å². The molecule has 4 rings (SSSR count). The topological polar surface area (TPSA) is 61.0 Å². The van der Waals surface area contributed by atoms with Crippen LogP contribution < -0.4 is 5.32 Å². The SMILES string of the molecule is CN1CCc2[nH]c3ccc(C(=O)NCCc4cccnc4)cc3c2C1. The minimum Gasteiger partial charge on any atom is -0.358 e. The molecule has 1 aliphatic rings. The molecule has 0 unspecified atom stereocenters. The summed E-state index contributed by atoms with van der Waals surface area (Å²) in [4.78, 5) is 22.4. The minimum atomic E-state index is -0.0232. The van der Waals surface area contributed by atoms with E-state index in [0.29, 0.717) is 12.1 Å². The molecule has 0 atom stereocenters. The summed E-state index contributed by atoms with van der Waals surface area (Å²) in [6.45, 7) is 2.61. The van der Waals surface area contributed by atoms with Crippen LogP contribution in [0.2, 0.25) is 0 Å². The molecule has 1 aromatic carbocycles. The standard InChI is InChI=1S/C20H22N4O/c1-24-10-7-19-17(13-24)16-11-15(4-5-18(16)23-19)20(25)22-9-6-14-3-2-8-21-12-14/h2-5,8,11-12,23H,6-7,9-10,13H2,1H3,(H,22,25). The number of fused-ring (bicyclic) bond motifs is 3. The van der Waals surface area contributed by atoms with Crippen molar-refractivity contribution in [1.29, 1.82) is 0 Å². The molecule has 1 amide bonds. The Labute approximate surface area is 147 Å². The van der Waals surface area contributed by atoms with Crippen LogP contribution in [-0.2, 0) is 19.4 Å². The van der Waals surface area contributed by atoms with E-state index in [1.165, 1.54) is 16.6 Å². The Hall–Kier alpha value is -2.66. The van der Waals surface area contributed by atoms with Crippen LogP contribution in [0, 0.1) is 0 Å². The van der Waals surface area contributed by atoms with Crippen molar-refractivity contribution in [1.82, 2.24) is 20.2 Å². The fourth-order valence-corrected chi connectivity index (χ4v) is 3.46. The number of benzene rings is 1. The van der Waals surface area contributed by atoms with Crippen LogP contribution in [0.25, 0.3) is 10.9 Å². The lowest BCUT2D eigenvalue weighted by Gasteiger charge is -2.22. The molecule has 3 aromatic rings. The maximum Gasteiger partial charge on any atom is 0.251 e. The first-order chi connectivity index (χ1) is 12.2. The van der Waals surface area contributed by atoms with Gasteiger partial charge in [0.25, 0.3) is 5.91 Å². The second-order valence-corrected chi connectivity index (χ2v) is 6.70. The fourth-order valence-electron chi connectivity index (χ4n) is 3.46. The van der Waals surface area contributed by atoms with Gasteiger partial charge >= 0.3 is 0 Å². The highest BCUT2D eigenvalue weighted by Crippen LogP contribution is 2.28. The Morgan fingerprint density at radius 3 is 3.12 bits per heavy atom. The lowest BCUT2D eigenvalue weighted by molar-refractivity contribution is 0.0954. The van der Waals surface area contributed by atoms with Crippen LogP contribution in [0.15, 0.2) is 42.7 Å². The molecule has 0 saturated heterocycles. The zero-order valence-corrected chi connectivity index (χ0v) is 14.4. The number of carbonyl (C=O) groups is 1. The Balaban J connectivity index is 1.49. The number of aromatic amines is 1. The van der Waals surface area contributed by atoms with Crippen LogP contribution >= 0.6 is 0 Å². The Kier molecular flexibility index (Phi) is 4.24. The summed E-state index contributed by atoms with van der Waals surface area (Å²) in [5.41, 5.74) is 5.60. The van der Waals surface area contributed by atoms with Crippen molar-refractivity contribution in [3.8, 4) is 0 Å². The van der Waals surface area contributed by atoms with Gasteiger partial charge in [0, 0.05) is 60.6 Å². The molecular formula is C20H22N4O. The van der Waals surface area contributed by atoms with E-state index in [-0.39, 0.29) is 5.91 Å². The summed E-state index contributed by atoms with van der Waals surface area (Å²) in [7, 11) is 2.14. The number of nitrogens with zero attached hydrogens (tertiary/aromatic N) is 2. The normalized spacial score (nSPS) is 14.4. The largest absolute Gasteiger partial charge is 0.358 e. The van der Waals surface area contributed by atoms with Crippen molar-refractivity contribution in [2.75, 3.05) is 20.1 Å². The maximum absolute atomic E-state index is 12.5. The van der Waals surface area contributed by atoms with Crippen LogP contribution in [-0.4, -0.2) is 40.9 Å². The number of hydrogen-bond acceptors (Lipinski definition) is 3. The average Bonchev–Trinajstić information content (AvgIpc) is 2.99. The van der Waals surface area contributed by atoms with Gasteiger partial charge in [0.15, 0.2) is 0 Å². The van der Waals surface area contributed by atoms with Crippen molar-refractivity contribution in [2.24, 2.45) is 0 Å². The molecule has 3 heterocycles. The number of likely N-dealkylation sites (N-methyl/N-ethyl adjacent to an activating group) is 1. The predicted molar refractivity (Wildman–Crippen MR) is 98.6 cm³/mol. The lowest BCUT2D eigenvalue weighted by Crippen LogP contribution is -2.26. The van der Waals surface area contributed by atoms with E-state index in [2.05, 4.69) is 27.2 Å². The predicted octanol–water partition coefficient (Wildman–Crippen LogP) is 2.52. The molecule has 5 heteroatoms. The number of aromatic nitrogens is 2. The second kappa shape index (κ2) is 6.69. The monoisotopic (exact) mass is 334 g/mol. The van der Waals surface area contributed by atoms with Crippen molar-refractivity contribution in [3.63, 3.8) is 0 Å². The molecule has 128 valence electrons. The zero-order chi connectivity index (χ0) is 17.2. The quantitative estimate of drug-likeness (QED) is 0.771. The number of rotatable bonds is 4. The number of H-pyrrole nitrogens is 1. The van der Waals surface area contributed by atoms with Crippen LogP contribution in [0.5, 0.6) is 0 Å². The van der Waals surface area contributed by atoms with E-state index in [1.807, 2.05) is 36.5 Å². The van der Waals surface area contributed by atoms with Crippen molar-refractivity contribution in [2.45, 2.75) is 19.4 Å². The molecule has 25 heavy (non-hydrogen) atoms. The molecule has 0 saturated carbocycles. The fraction of sp³-hybridized carbons (Fsp3) is 0.300. The van der Waals surface area contributed by atoms with Crippen molar-refractivity contribution in [3.05, 3.63) is 65.1 Å². The summed E-state index contributed by atoms with van der Waals surface area (Å²) in [5, 5.41) is 4.17. The van der Waals surface area contributed by atoms with Gasteiger partial charge in [-0.05, 0) is 48.9 Å². The molecule has 2 aromatic heterocycles. The molecule has 1 aliphatic heterocycles. The van der Waals surface area contributed by atoms with Crippen LogP contribution in [0.4, 0.5) is 0 Å². The second-order valence-electron chi connectivity index (χ2n) is 6.70. The lowest BCUT2D eigenvalue weighted by atomic mass is 10.0. The number of amides is 1. The van der Waals surface area contributed by atoms with Gasteiger partial charge in [-0.25, -0.2) is 0 Å². The van der Waals surface area contributed by atoms with E-state index >= 15 is 0 Å². The Bertz CT molecular complexity index is 901. The molecule has 2 N–H and O–H groups in total. The van der Waals surface area contributed by atoms with Gasteiger partial charge in [0.05, 0.1) is 0 Å². The van der Waals surface area contributed by atoms with Gasteiger partial charge in [-0.2, -0.15) is 0 Å². The molecule has 0 spiro atoms. The third kappa shape index (κ3) is 3.28. The number of nitrogens with one attached hydrogen (secondary N) is 2. The van der Waals surface area contributed by atoms with Gasteiger partial charge in [-0.15, -0.1) is 0 Å². The van der Waals surface area contributed by atoms with E-state index < -0.39 is 0 Å². The van der Waals surface area contributed by atoms with Crippen molar-refractivity contribution >= 4 is 16.8 Å². The molecule has 0 aliphatic carbocycles. The first-order valence-corrected chi connectivity index (χ1v) is 8.70. The number of carbonyl (C=O) groups excluding carboxylic acids is 1. The highest BCUT2D eigenvalue weighted by atomic mass is 16.1. The minimum absolute atomic E-state index is 0.0232. The first kappa shape index (κ1) is 15.8. The van der Waals surface area contributed by atoms with Gasteiger partial charge in [-0.1, -0.05) is 6.07 Å². The zero-order valence-electron chi connectivity index (χ0n) is 14.4. The summed E-state index contributed by atoms with van der Waals surface area (Å²) in [6, 6.07) is 9.87. The van der Waals surface area contributed by atoms with Crippen LogP contribution in [0.3, 0.4) is 0 Å². The number of pyridine rings is 1. The van der Waals surface area contributed by atoms with Gasteiger partial charge in [0.1, 0.15) is 0 Å². The molecule has 0 radical (unpaired) electrons. The van der Waals surface area contributed by atoms with E-state index in [0.717, 1.165) is 37.0 Å². The first-order valence-electron chi connectivity index (χ1n) is 8.70. The van der Waals surface area contributed by atoms with Gasteiger partial charge in [0.2, 0.25) is 0 Å². The molecule has 0 bridgehead atoms. The summed E-state index contributed by atoms with van der Waals surface area (Å²) in [6.07, 6.45) is 5.41. The molecule has 5 nitrogen and oxygen atoms in total. The third-order valence-corrected chi connectivity index (χ3v) is 4.85. The molecule has 0 fully saturated rings. The highest BCUT2D eigenvalue weighted by molar-refractivity contribution is 5.99.